The minimum absolute atomic E-state index is 0. The topological polar surface area (TPSA) is 467 Å². The van der Waals surface area contributed by atoms with E-state index in [4.69, 9.17) is 0 Å². The first-order chi connectivity index (χ1) is 35.7. The Bertz CT molecular complexity index is 4600. The van der Waals surface area contributed by atoms with Crippen LogP contribution in [-0.2, 0) is 60.7 Å². The molecule has 28 nitrogen and oxygen atoms in total. The number of hydrogen-bond acceptors (Lipinski definition) is 28. The summed E-state index contributed by atoms with van der Waals surface area (Å²) in [5.74, 6) is -0.404. The largest absolute Gasteiger partial charge is 1.00 e. The SMILES string of the molecule is Cc1cc(Nc2nc(Nc3ccc(S(=O)(=O)[O-])cc3)nc(Nc3ccc(N=Nc4cc5c(S(=O)(=O)[O-])cc(S(=O)(=O)[O-])cc5cc4S(=O)(=O)[O-])c(C)c3)n2)ccc1N=Nc1cc(S(=O)(=O)[O-])c2cccc(S(=O)(=O)[O-])c2c1.[Na+].[Na+].[Na+].[Na+].[Na+].[Na+]. The Labute approximate surface area is 606 Å². The third-order valence-corrected chi connectivity index (χ3v) is 15.9. The first kappa shape index (κ1) is 77.2. The Hall–Kier alpha value is -1.87. The Morgan fingerprint density at radius 2 is 0.771 bits per heavy atom. The third-order valence-electron chi connectivity index (χ3n) is 10.7. The number of aryl methyl sites for hydroxylation is 2. The van der Waals surface area contributed by atoms with Crippen molar-refractivity contribution >= 4 is 140 Å². The first-order valence-corrected chi connectivity index (χ1v) is 29.3. The third kappa shape index (κ3) is 19.6. The molecule has 3 N–H and O–H groups in total. The van der Waals surface area contributed by atoms with Crippen LogP contribution in [0.25, 0.3) is 21.5 Å². The van der Waals surface area contributed by atoms with Gasteiger partial charge in [-0.1, -0.05) is 12.1 Å². The van der Waals surface area contributed by atoms with Gasteiger partial charge in [-0.15, -0.1) is 5.11 Å². The van der Waals surface area contributed by atoms with Gasteiger partial charge in [-0.05, 0) is 133 Å². The summed E-state index contributed by atoms with van der Waals surface area (Å²) >= 11 is 0. The molecule has 1 aromatic heterocycles. The Morgan fingerprint density at radius 1 is 0.349 bits per heavy atom. The summed E-state index contributed by atoms with van der Waals surface area (Å²) in [5, 5.41) is 22.9. The summed E-state index contributed by atoms with van der Waals surface area (Å²) in [7, 11) is -31.5. The number of aromatic nitrogens is 3. The van der Waals surface area contributed by atoms with Crippen molar-refractivity contribution in [2.75, 3.05) is 16.0 Å². The van der Waals surface area contributed by atoms with Crippen molar-refractivity contribution in [1.82, 2.24) is 15.0 Å². The van der Waals surface area contributed by atoms with E-state index in [1.54, 1.807) is 13.0 Å². The van der Waals surface area contributed by atoms with Gasteiger partial charge in [-0.3, -0.25) is 0 Å². The van der Waals surface area contributed by atoms with Gasteiger partial charge < -0.3 is 43.3 Å². The second-order valence-electron chi connectivity index (χ2n) is 16.1. The maximum Gasteiger partial charge on any atom is 1.00 e. The zero-order chi connectivity index (χ0) is 56.2. The Balaban J connectivity index is 0.00000392. The van der Waals surface area contributed by atoms with Crippen LogP contribution >= 0.6 is 0 Å². The quantitative estimate of drug-likeness (QED) is 0.0459. The van der Waals surface area contributed by atoms with Crippen LogP contribution in [0.1, 0.15) is 11.1 Å². The van der Waals surface area contributed by atoms with Crippen molar-refractivity contribution in [2.24, 2.45) is 20.5 Å². The Morgan fingerprint density at radius 3 is 1.22 bits per heavy atom. The molecular formula is C43H28N10Na6O18S6. The van der Waals surface area contributed by atoms with Gasteiger partial charge in [0, 0.05) is 33.2 Å². The van der Waals surface area contributed by atoms with Gasteiger partial charge >= 0.3 is 177 Å². The van der Waals surface area contributed by atoms with Crippen molar-refractivity contribution < 1.29 is 255 Å². The van der Waals surface area contributed by atoms with Gasteiger partial charge in [0.1, 0.15) is 66.4 Å². The molecule has 0 unspecified atom stereocenters. The summed E-state index contributed by atoms with van der Waals surface area (Å²) in [5.41, 5.74) is 0.792. The van der Waals surface area contributed by atoms with Crippen molar-refractivity contribution in [3.63, 3.8) is 0 Å². The standard InChI is InChI=1S/C43H34N10O18S6.6Na/c1-22-14-26(8-12-34(22)51-50-28-18-33-31(38(19-28)75(63,64)65)4-3-5-37(33)74(60,61)62)45-42-47-41(44-25-6-10-29(11-7-25)72(54,55)56)48-43(49-42)46-27-9-13-35(23(2)15-27)52-53-36-21-32-24(17-40(36)77(69,70)71)16-30(73(57,58)59)20-39(32)76(66,67)68;;;;;;/h3-21H,1-2H3,(H,54,55,56)(H,57,58,59)(H,60,61,62)(H,63,64,65)(H,66,67,68)(H,69,70,71)(H3,44,45,46,47,48,49);;;;;;/q;6*+1/p-6. The predicted molar refractivity (Wildman–Crippen MR) is 263 cm³/mol. The van der Waals surface area contributed by atoms with Crippen molar-refractivity contribution in [2.45, 2.75) is 43.2 Å². The van der Waals surface area contributed by atoms with Gasteiger partial charge in [0.2, 0.25) is 17.8 Å². The molecule has 7 aromatic carbocycles. The molecule has 0 amide bonds. The van der Waals surface area contributed by atoms with Crippen molar-refractivity contribution in [3.05, 3.63) is 126 Å². The molecule has 8 rings (SSSR count). The maximum atomic E-state index is 12.3. The number of nitrogens with one attached hydrogen (secondary N) is 3. The van der Waals surface area contributed by atoms with E-state index in [-0.39, 0.29) is 240 Å². The molecule has 0 bridgehead atoms. The average molecular weight is 1300 g/mol. The molecule has 0 saturated heterocycles. The summed E-state index contributed by atoms with van der Waals surface area (Å²) < 4.78 is 216. The number of hydrogen-bond donors (Lipinski definition) is 3. The van der Waals surface area contributed by atoms with Crippen molar-refractivity contribution in [1.29, 1.82) is 0 Å². The van der Waals surface area contributed by atoms with E-state index in [9.17, 15) is 77.8 Å². The number of rotatable bonds is 16. The summed E-state index contributed by atoms with van der Waals surface area (Å²) in [6.45, 7) is 3.13. The molecule has 0 aliphatic carbocycles. The molecule has 0 saturated carbocycles. The zero-order valence-electron chi connectivity index (χ0n) is 44.4. The maximum absolute atomic E-state index is 12.3. The number of fused-ring (bicyclic) bond motifs is 2. The monoisotopic (exact) mass is 1300 g/mol. The van der Waals surface area contributed by atoms with Crippen LogP contribution < -0.4 is 193 Å². The second kappa shape index (κ2) is 30.1. The molecule has 83 heavy (non-hydrogen) atoms. The molecule has 1 heterocycles. The van der Waals surface area contributed by atoms with E-state index < -0.39 is 107 Å². The van der Waals surface area contributed by atoms with E-state index in [0.29, 0.717) is 35.0 Å². The minimum Gasteiger partial charge on any atom is -0.744 e. The fourth-order valence-corrected chi connectivity index (χ4v) is 11.1. The van der Waals surface area contributed by atoms with Crippen LogP contribution in [-0.4, -0.2) is 92.8 Å². The van der Waals surface area contributed by atoms with Gasteiger partial charge in [0.25, 0.3) is 0 Å². The fraction of sp³-hybridized carbons (Fsp3) is 0.0465. The number of anilines is 6. The average Bonchev–Trinajstić information content (AvgIpc) is 3.50. The Kier molecular flexibility index (Phi) is 28.0. The smallest absolute Gasteiger partial charge is 0.744 e. The molecule has 0 aliphatic rings. The molecule has 0 aliphatic heterocycles. The van der Waals surface area contributed by atoms with Gasteiger partial charge in [-0.25, -0.2) is 50.5 Å². The second-order valence-corrected chi connectivity index (χ2v) is 24.2. The van der Waals surface area contributed by atoms with Gasteiger partial charge in [0.15, 0.2) is 0 Å². The van der Waals surface area contributed by atoms with E-state index in [1.165, 1.54) is 49.4 Å². The molecule has 40 heteroatoms. The van der Waals surface area contributed by atoms with Crippen LogP contribution in [0.3, 0.4) is 0 Å². The molecule has 0 fully saturated rings. The molecular weight excluding hydrogens is 1270 g/mol. The van der Waals surface area contributed by atoms with Gasteiger partial charge in [0.05, 0.1) is 46.4 Å². The molecule has 400 valence electrons. The fourth-order valence-electron chi connectivity index (χ4n) is 7.29. The van der Waals surface area contributed by atoms with Crippen molar-refractivity contribution in [3.8, 4) is 0 Å². The van der Waals surface area contributed by atoms with Crippen LogP contribution in [0.5, 0.6) is 0 Å². The zero-order valence-corrected chi connectivity index (χ0v) is 61.3. The first-order valence-electron chi connectivity index (χ1n) is 20.9. The normalized spacial score (nSPS) is 12.0. The summed E-state index contributed by atoms with van der Waals surface area (Å²) in [6, 6.07) is 20.7. The van der Waals surface area contributed by atoms with E-state index in [2.05, 4.69) is 51.4 Å². The van der Waals surface area contributed by atoms with Crippen LogP contribution in [0, 0.1) is 13.8 Å². The summed E-state index contributed by atoms with van der Waals surface area (Å²) in [4.78, 5) is 7.48. The van der Waals surface area contributed by atoms with Crippen LogP contribution in [0.4, 0.5) is 57.7 Å². The predicted octanol–water partition coefficient (Wildman–Crippen LogP) is -11.7. The molecule has 8 aromatic rings. The van der Waals surface area contributed by atoms with Crippen LogP contribution in [0.15, 0.2) is 165 Å². The van der Waals surface area contributed by atoms with E-state index in [1.807, 2.05) is 0 Å². The summed E-state index contributed by atoms with van der Waals surface area (Å²) in [6.07, 6.45) is 0. The van der Waals surface area contributed by atoms with E-state index >= 15 is 0 Å². The molecule has 0 radical (unpaired) electrons. The molecule has 0 spiro atoms. The van der Waals surface area contributed by atoms with E-state index in [0.717, 1.165) is 42.5 Å². The molecule has 0 atom stereocenters. The van der Waals surface area contributed by atoms with Gasteiger partial charge in [-0.2, -0.15) is 30.3 Å². The minimum atomic E-state index is -5.51. The number of azo groups is 2. The number of nitrogens with zero attached hydrogens (tertiary/aromatic N) is 7. The number of benzene rings is 7. The van der Waals surface area contributed by atoms with Crippen LogP contribution in [0.2, 0.25) is 0 Å².